The molecule has 4 atom stereocenters. The van der Waals surface area contributed by atoms with Crippen molar-refractivity contribution in [3.8, 4) is 0 Å². The monoisotopic (exact) mass is 837 g/mol. The molecule has 1 aromatic heterocycles. The van der Waals surface area contributed by atoms with Crippen LogP contribution in [0.25, 0.3) is 10.9 Å². The Morgan fingerprint density at radius 3 is 2.22 bits per heavy atom. The molecule has 58 heavy (non-hydrogen) atoms. The summed E-state index contributed by atoms with van der Waals surface area (Å²) in [6.07, 6.45) is 3.70. The summed E-state index contributed by atoms with van der Waals surface area (Å²) in [6.45, 7) is 0.315. The van der Waals surface area contributed by atoms with E-state index in [1.165, 1.54) is 0 Å². The number of para-hydroxylation sites is 1. The molecule has 1 saturated carbocycles. The van der Waals surface area contributed by atoms with E-state index in [1.54, 1.807) is 36.5 Å². The smallest absolute Gasteiger partial charge is 0.407 e. The van der Waals surface area contributed by atoms with Gasteiger partial charge in [-0.05, 0) is 54.9 Å². The molecule has 0 radical (unpaired) electrons. The van der Waals surface area contributed by atoms with Crippen LogP contribution in [0.15, 0.2) is 91.1 Å². The van der Waals surface area contributed by atoms with Gasteiger partial charge in [-0.15, -0.1) is 0 Å². The average molecular weight is 838 g/mol. The molecule has 3 amide bonds. The number of H-pyrrole nitrogens is 1. The van der Waals surface area contributed by atoms with Crippen LogP contribution in [0.2, 0.25) is 0 Å². The van der Waals surface area contributed by atoms with Crippen LogP contribution in [0.1, 0.15) is 67.7 Å². The maximum Gasteiger partial charge on any atom is 0.407 e. The number of nitrogens with one attached hydrogen (secondary N) is 5. The Hall–Kier alpha value is -5.02. The zero-order valence-electron chi connectivity index (χ0n) is 32.4. The quantitative estimate of drug-likeness (QED) is 0.0439. The Morgan fingerprint density at radius 1 is 0.897 bits per heavy atom. The van der Waals surface area contributed by atoms with Crippen LogP contribution in [-0.2, 0) is 46.7 Å². The van der Waals surface area contributed by atoms with Crippen LogP contribution < -0.4 is 20.7 Å². The number of sulfonamides is 1. The molecule has 0 saturated heterocycles. The Balaban J connectivity index is 1.23. The predicted octanol–water partition coefficient (Wildman–Crippen LogP) is 4.98. The SMILES string of the molecule is CS(=O)(=O)N[C@@H](CCCCNC(=O)OCc1ccccc1)C(=O)N[C@@H](CP(=O)(O)CC1(C(=O)N[C@@H](Cc2c[nH]c3ccccc23)C(=O)O)CCCC1)c1ccccc1. The van der Waals surface area contributed by atoms with Crippen molar-refractivity contribution in [1.29, 1.82) is 0 Å². The van der Waals surface area contributed by atoms with Crippen molar-refractivity contribution in [1.82, 2.24) is 25.7 Å². The average Bonchev–Trinajstić information content (AvgIpc) is 3.83. The fraction of sp³-hybridized carbons (Fsp3) is 0.415. The van der Waals surface area contributed by atoms with Gasteiger partial charge in [-0.2, -0.15) is 0 Å². The lowest BCUT2D eigenvalue weighted by molar-refractivity contribution is -0.143. The highest BCUT2D eigenvalue weighted by Gasteiger charge is 2.47. The number of fused-ring (bicyclic) bond motifs is 1. The van der Waals surface area contributed by atoms with Gasteiger partial charge in [0.25, 0.3) is 0 Å². The van der Waals surface area contributed by atoms with Gasteiger partial charge in [0.05, 0.1) is 17.7 Å². The zero-order chi connectivity index (χ0) is 41.8. The molecule has 0 bridgehead atoms. The summed E-state index contributed by atoms with van der Waals surface area (Å²) in [5.74, 6) is -2.56. The maximum atomic E-state index is 14.2. The maximum absolute atomic E-state index is 14.2. The number of carboxylic acid groups (broad SMARTS) is 1. The molecular formula is C41H52N5O10PS. The molecule has 4 aromatic rings. The lowest BCUT2D eigenvalue weighted by Gasteiger charge is -2.32. The van der Waals surface area contributed by atoms with Crippen molar-refractivity contribution in [2.24, 2.45) is 5.41 Å². The van der Waals surface area contributed by atoms with Crippen LogP contribution in [-0.4, -0.2) is 84.5 Å². The first-order valence-corrected chi connectivity index (χ1v) is 23.2. The number of carbonyl (C=O) groups excluding carboxylic acids is 3. The van der Waals surface area contributed by atoms with Crippen molar-refractivity contribution in [3.63, 3.8) is 0 Å². The van der Waals surface area contributed by atoms with E-state index in [1.807, 2.05) is 54.6 Å². The number of aromatic amines is 1. The van der Waals surface area contributed by atoms with Gasteiger partial charge in [0.15, 0.2) is 0 Å². The predicted molar refractivity (Wildman–Crippen MR) is 220 cm³/mol. The van der Waals surface area contributed by atoms with Crippen molar-refractivity contribution in [2.45, 2.75) is 76.1 Å². The second-order valence-electron chi connectivity index (χ2n) is 15.0. The van der Waals surface area contributed by atoms with E-state index >= 15 is 0 Å². The number of rotatable bonds is 21. The molecule has 3 aromatic carbocycles. The first-order valence-electron chi connectivity index (χ1n) is 19.3. The van der Waals surface area contributed by atoms with Crippen molar-refractivity contribution < 1.29 is 46.9 Å². The van der Waals surface area contributed by atoms with Gasteiger partial charge in [-0.25, -0.2) is 22.7 Å². The van der Waals surface area contributed by atoms with E-state index in [4.69, 9.17) is 4.74 Å². The van der Waals surface area contributed by atoms with E-state index in [2.05, 4.69) is 25.7 Å². The molecule has 1 aliphatic carbocycles. The van der Waals surface area contributed by atoms with Gasteiger partial charge < -0.3 is 35.7 Å². The molecule has 15 nitrogen and oxygen atoms in total. The molecule has 1 aliphatic rings. The summed E-state index contributed by atoms with van der Waals surface area (Å²) in [7, 11) is -8.11. The second-order valence-corrected chi connectivity index (χ2v) is 19.2. The third-order valence-corrected chi connectivity index (χ3v) is 13.1. The van der Waals surface area contributed by atoms with Crippen LogP contribution in [0.4, 0.5) is 4.79 Å². The molecular weight excluding hydrogens is 786 g/mol. The van der Waals surface area contributed by atoms with Crippen molar-refractivity contribution in [3.05, 3.63) is 108 Å². The largest absolute Gasteiger partial charge is 0.480 e. The third kappa shape index (κ3) is 13.0. The number of hydrogen-bond acceptors (Lipinski definition) is 8. The van der Waals surface area contributed by atoms with E-state index < -0.39 is 77.1 Å². The fourth-order valence-corrected chi connectivity index (χ4v) is 10.6. The van der Waals surface area contributed by atoms with E-state index in [-0.39, 0.29) is 38.8 Å². The number of amides is 3. The summed E-state index contributed by atoms with van der Waals surface area (Å²) in [5.41, 5.74) is 1.54. The van der Waals surface area contributed by atoms with Crippen molar-refractivity contribution >= 4 is 52.2 Å². The van der Waals surface area contributed by atoms with E-state index in [0.29, 0.717) is 36.8 Å². The number of hydrogen-bond donors (Lipinski definition) is 7. The molecule has 0 aliphatic heterocycles. The van der Waals surface area contributed by atoms with Crippen molar-refractivity contribution in [2.75, 3.05) is 25.1 Å². The molecule has 17 heteroatoms. The van der Waals surface area contributed by atoms with Crippen LogP contribution in [0.3, 0.4) is 0 Å². The molecule has 7 N–H and O–H groups in total. The molecule has 1 unspecified atom stereocenters. The summed E-state index contributed by atoms with van der Waals surface area (Å²) in [6, 6.07) is 21.5. The highest BCUT2D eigenvalue weighted by molar-refractivity contribution is 7.88. The van der Waals surface area contributed by atoms with Gasteiger partial charge >= 0.3 is 12.1 Å². The topological polar surface area (TPSA) is 233 Å². The molecule has 0 spiro atoms. The second kappa shape index (κ2) is 20.1. The van der Waals surface area contributed by atoms with E-state index in [9.17, 15) is 42.2 Å². The van der Waals surface area contributed by atoms with Gasteiger partial charge in [0, 0.05) is 42.4 Å². The number of aliphatic carboxylic acids is 1. The molecule has 312 valence electrons. The number of aromatic nitrogens is 1. The summed E-state index contributed by atoms with van der Waals surface area (Å²) < 4.78 is 46.5. The van der Waals surface area contributed by atoms with Gasteiger partial charge in [0.2, 0.25) is 29.2 Å². The summed E-state index contributed by atoms with van der Waals surface area (Å²) in [5, 5.41) is 19.1. The summed E-state index contributed by atoms with van der Waals surface area (Å²) >= 11 is 0. The van der Waals surface area contributed by atoms with Crippen LogP contribution in [0, 0.1) is 5.41 Å². The highest BCUT2D eigenvalue weighted by Crippen LogP contribution is 2.54. The Labute approximate surface area is 338 Å². The van der Waals surface area contributed by atoms with Gasteiger partial charge in [-0.1, -0.05) is 91.7 Å². The van der Waals surface area contributed by atoms with Gasteiger partial charge in [0.1, 0.15) is 18.7 Å². The van der Waals surface area contributed by atoms with Gasteiger partial charge in [-0.3, -0.25) is 14.2 Å². The molecule has 5 rings (SSSR count). The Bertz CT molecular complexity index is 2180. The Kier molecular flexibility index (Phi) is 15.3. The normalized spacial score (nSPS) is 16.4. The number of unbranched alkanes of at least 4 members (excludes halogenated alkanes) is 1. The zero-order valence-corrected chi connectivity index (χ0v) is 34.1. The number of ether oxygens (including phenoxy) is 1. The fourth-order valence-electron chi connectivity index (χ4n) is 7.50. The highest BCUT2D eigenvalue weighted by atomic mass is 32.2. The minimum absolute atomic E-state index is 0.000551. The minimum Gasteiger partial charge on any atom is -0.480 e. The standard InChI is InChI=1S/C41H52N5O10PS/c1-58(54,55)46-34(20-10-13-23-42-40(51)56-26-29-14-4-2-5-15-29)37(47)44-36(30-16-6-3-7-17-30)27-57(52,53)28-41(21-11-12-22-41)39(50)45-35(38(48)49)24-31-25-43-33-19-9-8-18-32(31)33/h2-9,14-19,25,34-36,43,46H,10-13,20-24,26-28H2,1H3,(H,42,51)(H,44,47)(H,45,50)(H,48,49)(H,52,53)/t34-,35-,36-/m0/s1. The molecule has 1 fully saturated rings. The number of benzene rings is 3. The third-order valence-electron chi connectivity index (χ3n) is 10.4. The first kappa shape index (κ1) is 44.1. The first-order chi connectivity index (χ1) is 27.6. The molecule has 1 heterocycles. The van der Waals surface area contributed by atoms with Crippen LogP contribution in [0.5, 0.6) is 0 Å². The minimum atomic E-state index is -4.25. The number of carboxylic acids is 1. The van der Waals surface area contributed by atoms with E-state index in [0.717, 1.165) is 22.7 Å². The summed E-state index contributed by atoms with van der Waals surface area (Å²) in [4.78, 5) is 67.1. The lowest BCUT2D eigenvalue weighted by Crippen LogP contribution is -2.50. The Morgan fingerprint density at radius 2 is 1.55 bits per heavy atom. The van der Waals surface area contributed by atoms with Crippen LogP contribution >= 0.6 is 7.37 Å². The number of alkyl carbamates (subject to hydrolysis) is 1. The number of carbonyl (C=O) groups is 4. The lowest BCUT2D eigenvalue weighted by atomic mass is 9.87.